The minimum atomic E-state index is -3.86. The zero-order chi connectivity index (χ0) is 24.8. The fourth-order valence-corrected chi connectivity index (χ4v) is 5.27. The number of fused-ring (bicyclic) bond motifs is 1. The van der Waals surface area contributed by atoms with E-state index in [1.807, 2.05) is 30.3 Å². The van der Waals surface area contributed by atoms with E-state index >= 15 is 0 Å². The van der Waals surface area contributed by atoms with Gasteiger partial charge in [0.25, 0.3) is 5.91 Å². The molecule has 1 atom stereocenters. The summed E-state index contributed by atoms with van der Waals surface area (Å²) in [4.78, 5) is 27.8. The van der Waals surface area contributed by atoms with Crippen molar-refractivity contribution in [1.82, 2.24) is 9.62 Å². The number of ether oxygens (including phenoxy) is 1. The number of nitrogens with one attached hydrogen (secondary N) is 1. The summed E-state index contributed by atoms with van der Waals surface area (Å²) in [6.07, 6.45) is -0.932. The average Bonchev–Trinajstić information content (AvgIpc) is 2.90. The van der Waals surface area contributed by atoms with Crippen molar-refractivity contribution in [2.24, 2.45) is 0 Å². The van der Waals surface area contributed by atoms with Crippen LogP contribution in [0, 0.1) is 0 Å². The highest BCUT2D eigenvalue weighted by atomic mass is 32.2. The van der Waals surface area contributed by atoms with E-state index in [9.17, 15) is 18.0 Å². The molecule has 0 bridgehead atoms. The van der Waals surface area contributed by atoms with Crippen LogP contribution in [0.4, 0.5) is 5.69 Å². The Labute approximate surface area is 205 Å². The second-order valence-corrected chi connectivity index (χ2v) is 9.96. The molecule has 1 heterocycles. The van der Waals surface area contributed by atoms with Gasteiger partial charge < -0.3 is 15.0 Å². The van der Waals surface area contributed by atoms with Gasteiger partial charge in [0.15, 0.2) is 6.10 Å². The number of hydrogen-bond acceptors (Lipinski definition) is 5. The van der Waals surface area contributed by atoms with Crippen LogP contribution in [-0.2, 0) is 26.2 Å². The molecule has 0 aliphatic carbocycles. The van der Waals surface area contributed by atoms with Crippen molar-refractivity contribution < 1.29 is 22.7 Å². The van der Waals surface area contributed by atoms with E-state index < -0.39 is 22.0 Å². The highest BCUT2D eigenvalue weighted by Crippen LogP contribution is 2.33. The Morgan fingerprint density at radius 1 is 0.971 bits per heavy atom. The summed E-state index contributed by atoms with van der Waals surface area (Å²) in [6, 6.07) is 24.4. The van der Waals surface area contributed by atoms with Crippen molar-refractivity contribution in [3.05, 3.63) is 90.5 Å². The van der Waals surface area contributed by atoms with Gasteiger partial charge in [-0.15, -0.1) is 0 Å². The topological polar surface area (TPSA) is 96.0 Å². The standard InChI is InChI=1S/C26H27N3O5S/c1-2-28(35(32,33)21-13-7-4-8-14-21)19-25(30)29-18-24(34-23-16-10-9-15-22(23)29)26(31)27-17-20-11-5-3-6-12-20/h3-16,24H,2,17-19H2,1H3,(H,27,31). The lowest BCUT2D eigenvalue weighted by Crippen LogP contribution is -2.53. The van der Waals surface area contributed by atoms with Crippen LogP contribution in [-0.4, -0.2) is 50.3 Å². The second kappa shape index (κ2) is 10.7. The zero-order valence-corrected chi connectivity index (χ0v) is 20.1. The van der Waals surface area contributed by atoms with Gasteiger partial charge in [0.05, 0.1) is 23.7 Å². The van der Waals surface area contributed by atoms with Gasteiger partial charge in [0, 0.05) is 13.1 Å². The van der Waals surface area contributed by atoms with Crippen LogP contribution in [0.25, 0.3) is 0 Å². The van der Waals surface area contributed by atoms with Crippen LogP contribution >= 0.6 is 0 Å². The number of benzene rings is 3. The van der Waals surface area contributed by atoms with Crippen molar-refractivity contribution >= 4 is 27.5 Å². The van der Waals surface area contributed by atoms with E-state index in [4.69, 9.17) is 4.74 Å². The van der Waals surface area contributed by atoms with Gasteiger partial charge in [0.1, 0.15) is 5.75 Å². The molecule has 182 valence electrons. The molecule has 4 rings (SSSR count). The predicted molar refractivity (Wildman–Crippen MR) is 132 cm³/mol. The number of carbonyl (C=O) groups is 2. The van der Waals surface area contributed by atoms with Gasteiger partial charge in [-0.1, -0.05) is 67.6 Å². The zero-order valence-electron chi connectivity index (χ0n) is 19.3. The van der Waals surface area contributed by atoms with Crippen LogP contribution < -0.4 is 15.0 Å². The molecule has 2 amide bonds. The molecule has 1 unspecified atom stereocenters. The summed E-state index contributed by atoms with van der Waals surface area (Å²) in [5, 5.41) is 2.85. The number of rotatable bonds is 8. The highest BCUT2D eigenvalue weighted by Gasteiger charge is 2.35. The van der Waals surface area contributed by atoms with Crippen molar-refractivity contribution in [3.63, 3.8) is 0 Å². The summed E-state index contributed by atoms with van der Waals surface area (Å²) >= 11 is 0. The summed E-state index contributed by atoms with van der Waals surface area (Å²) in [7, 11) is -3.86. The van der Waals surface area contributed by atoms with Crippen molar-refractivity contribution in [2.45, 2.75) is 24.5 Å². The van der Waals surface area contributed by atoms with Crippen LogP contribution in [0.5, 0.6) is 5.75 Å². The molecule has 1 aliphatic rings. The van der Waals surface area contributed by atoms with E-state index in [-0.39, 0.29) is 30.4 Å². The Balaban J connectivity index is 1.52. The molecular formula is C26H27N3O5S. The average molecular weight is 494 g/mol. The lowest BCUT2D eigenvalue weighted by molar-refractivity contribution is -0.128. The first-order valence-corrected chi connectivity index (χ1v) is 12.8. The van der Waals surface area contributed by atoms with E-state index in [0.717, 1.165) is 9.87 Å². The third kappa shape index (κ3) is 5.52. The van der Waals surface area contributed by atoms with Gasteiger partial charge in [-0.2, -0.15) is 4.31 Å². The molecule has 0 radical (unpaired) electrons. The second-order valence-electron chi connectivity index (χ2n) is 8.03. The molecule has 35 heavy (non-hydrogen) atoms. The molecule has 0 fully saturated rings. The van der Waals surface area contributed by atoms with Crippen molar-refractivity contribution in [1.29, 1.82) is 0 Å². The van der Waals surface area contributed by atoms with Gasteiger partial charge >= 0.3 is 0 Å². The number of amides is 2. The Morgan fingerprint density at radius 3 is 2.29 bits per heavy atom. The fourth-order valence-electron chi connectivity index (χ4n) is 3.85. The van der Waals surface area contributed by atoms with Gasteiger partial charge in [-0.3, -0.25) is 9.59 Å². The number of sulfonamides is 1. The third-order valence-corrected chi connectivity index (χ3v) is 7.66. The number of para-hydroxylation sites is 2. The molecule has 0 saturated carbocycles. The van der Waals surface area contributed by atoms with E-state index in [1.165, 1.54) is 17.0 Å². The maximum Gasteiger partial charge on any atom is 0.263 e. The SMILES string of the molecule is CCN(CC(=O)N1CC(C(=O)NCc2ccccc2)Oc2ccccc21)S(=O)(=O)c1ccccc1. The lowest BCUT2D eigenvalue weighted by atomic mass is 10.1. The highest BCUT2D eigenvalue weighted by molar-refractivity contribution is 7.89. The maximum atomic E-state index is 13.4. The molecule has 1 aliphatic heterocycles. The number of carbonyl (C=O) groups excluding carboxylic acids is 2. The van der Waals surface area contributed by atoms with Crippen molar-refractivity contribution in [3.8, 4) is 5.75 Å². The maximum absolute atomic E-state index is 13.4. The summed E-state index contributed by atoms with van der Waals surface area (Å²) in [5.74, 6) is -0.408. The van der Waals surface area contributed by atoms with Gasteiger partial charge in [-0.25, -0.2) is 8.42 Å². The molecule has 0 aromatic heterocycles. The van der Waals surface area contributed by atoms with E-state index in [1.54, 1.807) is 49.4 Å². The first-order chi connectivity index (χ1) is 16.9. The van der Waals surface area contributed by atoms with E-state index in [2.05, 4.69) is 5.32 Å². The van der Waals surface area contributed by atoms with Gasteiger partial charge in [0.2, 0.25) is 15.9 Å². The van der Waals surface area contributed by atoms with Crippen LogP contribution in [0.2, 0.25) is 0 Å². The summed E-state index contributed by atoms with van der Waals surface area (Å²) < 4.78 is 33.2. The lowest BCUT2D eigenvalue weighted by Gasteiger charge is -2.35. The van der Waals surface area contributed by atoms with Gasteiger partial charge in [-0.05, 0) is 29.8 Å². The van der Waals surface area contributed by atoms with Crippen LogP contribution in [0.1, 0.15) is 12.5 Å². The molecular weight excluding hydrogens is 466 g/mol. The normalized spacial score (nSPS) is 15.3. The number of anilines is 1. The Morgan fingerprint density at radius 2 is 1.60 bits per heavy atom. The Hall–Kier alpha value is -3.69. The minimum absolute atomic E-state index is 0.0284. The number of nitrogens with zero attached hydrogens (tertiary/aromatic N) is 2. The monoisotopic (exact) mass is 493 g/mol. The van der Waals surface area contributed by atoms with Crippen LogP contribution in [0.3, 0.4) is 0 Å². The molecule has 8 nitrogen and oxygen atoms in total. The Kier molecular flexibility index (Phi) is 7.48. The Bertz CT molecular complexity index is 1280. The predicted octanol–water partition coefficient (Wildman–Crippen LogP) is 2.81. The van der Waals surface area contributed by atoms with E-state index in [0.29, 0.717) is 18.0 Å². The summed E-state index contributed by atoms with van der Waals surface area (Å²) in [6.45, 7) is 1.74. The fraction of sp³-hybridized carbons (Fsp3) is 0.231. The molecule has 3 aromatic carbocycles. The first kappa shape index (κ1) is 24.4. The van der Waals surface area contributed by atoms with Crippen molar-refractivity contribution in [2.75, 3.05) is 24.5 Å². The largest absolute Gasteiger partial charge is 0.477 e. The third-order valence-electron chi connectivity index (χ3n) is 5.72. The molecule has 0 saturated heterocycles. The molecule has 3 aromatic rings. The van der Waals surface area contributed by atoms with Crippen LogP contribution in [0.15, 0.2) is 89.8 Å². The quantitative estimate of drug-likeness (QED) is 0.521. The number of hydrogen-bond donors (Lipinski definition) is 1. The first-order valence-electron chi connectivity index (χ1n) is 11.3. The molecule has 1 N–H and O–H groups in total. The molecule has 9 heteroatoms. The summed E-state index contributed by atoms with van der Waals surface area (Å²) in [5.41, 5.74) is 1.44. The molecule has 0 spiro atoms. The minimum Gasteiger partial charge on any atom is -0.477 e. The smallest absolute Gasteiger partial charge is 0.263 e. The number of likely N-dealkylation sites (N-methyl/N-ethyl adjacent to an activating group) is 1.